The molecule has 19 heavy (non-hydrogen) atoms. The van der Waals surface area contributed by atoms with Crippen LogP contribution in [0.25, 0.3) is 0 Å². The average Bonchev–Trinajstić information content (AvgIpc) is 2.88. The third kappa shape index (κ3) is 3.25. The monoisotopic (exact) mass is 261 g/mol. The summed E-state index contributed by atoms with van der Waals surface area (Å²) in [5.74, 6) is 1.49. The van der Waals surface area contributed by atoms with Crippen molar-refractivity contribution < 1.29 is 4.79 Å². The predicted molar refractivity (Wildman–Crippen MR) is 77.3 cm³/mol. The van der Waals surface area contributed by atoms with Crippen LogP contribution in [-0.4, -0.2) is 35.4 Å². The number of nitrogens with zero attached hydrogens (tertiary/aromatic N) is 2. The molecule has 4 nitrogen and oxygen atoms in total. The molecular formula is C15H23N3O. The highest BCUT2D eigenvalue weighted by atomic mass is 16.2. The van der Waals surface area contributed by atoms with Crippen LogP contribution in [0.3, 0.4) is 0 Å². The second kappa shape index (κ2) is 6.55. The van der Waals surface area contributed by atoms with Gasteiger partial charge in [-0.05, 0) is 37.8 Å². The Morgan fingerprint density at radius 3 is 3.11 bits per heavy atom. The first-order valence-electron chi connectivity index (χ1n) is 7.24. The summed E-state index contributed by atoms with van der Waals surface area (Å²) in [6, 6.07) is 3.69. The van der Waals surface area contributed by atoms with Gasteiger partial charge < -0.3 is 10.2 Å². The molecule has 1 saturated heterocycles. The molecule has 1 unspecified atom stereocenters. The second-order valence-electron chi connectivity index (χ2n) is 5.12. The second-order valence-corrected chi connectivity index (χ2v) is 5.12. The number of hydrogen-bond donors (Lipinski definition) is 1. The highest BCUT2D eigenvalue weighted by Gasteiger charge is 2.27. The Labute approximate surface area is 115 Å². The highest BCUT2D eigenvalue weighted by Crippen LogP contribution is 2.24. The summed E-state index contributed by atoms with van der Waals surface area (Å²) >= 11 is 0. The van der Waals surface area contributed by atoms with E-state index < -0.39 is 0 Å². The van der Waals surface area contributed by atoms with Gasteiger partial charge in [0, 0.05) is 25.8 Å². The Morgan fingerprint density at radius 2 is 2.37 bits per heavy atom. The van der Waals surface area contributed by atoms with Crippen LogP contribution in [0.4, 0.5) is 5.82 Å². The van der Waals surface area contributed by atoms with Crippen LogP contribution in [0, 0.1) is 5.92 Å². The molecule has 2 heterocycles. The van der Waals surface area contributed by atoms with Crippen molar-refractivity contribution in [3.8, 4) is 0 Å². The van der Waals surface area contributed by atoms with Crippen molar-refractivity contribution in [1.29, 1.82) is 0 Å². The molecule has 0 radical (unpaired) electrons. The summed E-state index contributed by atoms with van der Waals surface area (Å²) in [5, 5.41) is 3.16. The molecule has 2 rings (SSSR count). The lowest BCUT2D eigenvalue weighted by molar-refractivity contribution is 0.0787. The van der Waals surface area contributed by atoms with Crippen LogP contribution in [0.1, 0.15) is 43.5 Å². The minimum absolute atomic E-state index is 0.114. The van der Waals surface area contributed by atoms with Gasteiger partial charge in [0.15, 0.2) is 0 Å². The maximum absolute atomic E-state index is 12.5. The third-order valence-electron chi connectivity index (χ3n) is 3.65. The largest absolute Gasteiger partial charge is 0.370 e. The lowest BCUT2D eigenvalue weighted by Crippen LogP contribution is -2.29. The summed E-state index contributed by atoms with van der Waals surface area (Å²) in [6.45, 7) is 6.76. The molecule has 0 saturated carbocycles. The van der Waals surface area contributed by atoms with Gasteiger partial charge in [0.05, 0.1) is 5.56 Å². The van der Waals surface area contributed by atoms with Crippen LogP contribution in [0.5, 0.6) is 0 Å². The van der Waals surface area contributed by atoms with Crippen molar-refractivity contribution in [3.05, 3.63) is 23.9 Å². The maximum atomic E-state index is 12.5. The Hall–Kier alpha value is -1.58. The minimum atomic E-state index is 0.114. The van der Waals surface area contributed by atoms with E-state index in [1.54, 1.807) is 6.20 Å². The molecule has 0 aliphatic carbocycles. The lowest BCUT2D eigenvalue weighted by Gasteiger charge is -2.18. The molecule has 1 N–H and O–H groups in total. The molecule has 0 spiro atoms. The number of amides is 1. The van der Waals surface area contributed by atoms with Gasteiger partial charge in [0.2, 0.25) is 0 Å². The third-order valence-corrected chi connectivity index (χ3v) is 3.65. The predicted octanol–water partition coefficient (Wildman–Crippen LogP) is 2.78. The normalized spacial score (nSPS) is 18.6. The van der Waals surface area contributed by atoms with E-state index in [-0.39, 0.29) is 5.91 Å². The van der Waals surface area contributed by atoms with E-state index in [2.05, 4.69) is 17.2 Å². The fraction of sp³-hybridized carbons (Fsp3) is 0.600. The SMILES string of the molecule is CCCC1CCN(C(=O)c2cccnc2NCC)C1. The van der Waals surface area contributed by atoms with Crippen LogP contribution >= 0.6 is 0 Å². The first-order valence-corrected chi connectivity index (χ1v) is 7.24. The number of pyridine rings is 1. The van der Waals surface area contributed by atoms with Crippen molar-refractivity contribution in [2.24, 2.45) is 5.92 Å². The zero-order valence-electron chi connectivity index (χ0n) is 11.9. The Bertz CT molecular complexity index is 433. The maximum Gasteiger partial charge on any atom is 0.257 e. The summed E-state index contributed by atoms with van der Waals surface area (Å²) < 4.78 is 0. The Kier molecular flexibility index (Phi) is 4.77. The van der Waals surface area contributed by atoms with Gasteiger partial charge in [-0.15, -0.1) is 0 Å². The van der Waals surface area contributed by atoms with Gasteiger partial charge in [-0.2, -0.15) is 0 Å². The molecule has 1 fully saturated rings. The van der Waals surface area contributed by atoms with Crippen molar-refractivity contribution in [3.63, 3.8) is 0 Å². The van der Waals surface area contributed by atoms with Gasteiger partial charge >= 0.3 is 0 Å². The van der Waals surface area contributed by atoms with E-state index in [0.29, 0.717) is 17.3 Å². The quantitative estimate of drug-likeness (QED) is 0.886. The summed E-state index contributed by atoms with van der Waals surface area (Å²) in [5.41, 5.74) is 0.696. The molecular weight excluding hydrogens is 238 g/mol. The van der Waals surface area contributed by atoms with Crippen molar-refractivity contribution >= 4 is 11.7 Å². The molecule has 1 aliphatic heterocycles. The number of carbonyl (C=O) groups excluding carboxylic acids is 1. The number of likely N-dealkylation sites (tertiary alicyclic amines) is 1. The molecule has 1 amide bonds. The van der Waals surface area contributed by atoms with Gasteiger partial charge in [0.1, 0.15) is 5.82 Å². The number of carbonyl (C=O) groups is 1. The fourth-order valence-corrected chi connectivity index (χ4v) is 2.72. The lowest BCUT2D eigenvalue weighted by atomic mass is 10.0. The first-order chi connectivity index (χ1) is 9.26. The first kappa shape index (κ1) is 13.8. The van der Waals surface area contributed by atoms with Crippen LogP contribution < -0.4 is 5.32 Å². The van der Waals surface area contributed by atoms with Gasteiger partial charge in [-0.3, -0.25) is 4.79 Å². The molecule has 1 aliphatic rings. The van der Waals surface area contributed by atoms with E-state index >= 15 is 0 Å². The van der Waals surface area contributed by atoms with Crippen molar-refractivity contribution in [1.82, 2.24) is 9.88 Å². The van der Waals surface area contributed by atoms with E-state index in [0.717, 1.165) is 26.1 Å². The van der Waals surface area contributed by atoms with E-state index in [1.807, 2.05) is 24.0 Å². The average molecular weight is 261 g/mol. The summed E-state index contributed by atoms with van der Waals surface area (Å²) in [7, 11) is 0. The number of rotatable bonds is 5. The molecule has 104 valence electrons. The zero-order valence-corrected chi connectivity index (χ0v) is 11.9. The van der Waals surface area contributed by atoms with E-state index in [4.69, 9.17) is 0 Å². The van der Waals surface area contributed by atoms with Gasteiger partial charge in [-0.1, -0.05) is 13.3 Å². The topological polar surface area (TPSA) is 45.2 Å². The zero-order chi connectivity index (χ0) is 13.7. The van der Waals surface area contributed by atoms with Gasteiger partial charge in [-0.25, -0.2) is 4.98 Å². The summed E-state index contributed by atoms with van der Waals surface area (Å²) in [4.78, 5) is 18.8. The number of aromatic nitrogens is 1. The van der Waals surface area contributed by atoms with Crippen molar-refractivity contribution in [2.45, 2.75) is 33.1 Å². The van der Waals surface area contributed by atoms with Crippen LogP contribution in [0.2, 0.25) is 0 Å². The highest BCUT2D eigenvalue weighted by molar-refractivity contribution is 5.98. The molecule has 0 aromatic carbocycles. The molecule has 1 atom stereocenters. The summed E-state index contributed by atoms with van der Waals surface area (Å²) in [6.07, 6.45) is 5.27. The number of anilines is 1. The standard InChI is InChI=1S/C15H23N3O/c1-3-6-12-8-10-18(11-12)15(19)13-7-5-9-17-14(13)16-4-2/h5,7,9,12H,3-4,6,8,10-11H2,1-2H3,(H,16,17). The van der Waals surface area contributed by atoms with E-state index in [9.17, 15) is 4.79 Å². The Balaban J connectivity index is 2.08. The molecule has 0 bridgehead atoms. The minimum Gasteiger partial charge on any atom is -0.370 e. The van der Waals surface area contributed by atoms with E-state index in [1.165, 1.54) is 12.8 Å². The Morgan fingerprint density at radius 1 is 1.53 bits per heavy atom. The molecule has 4 heteroatoms. The molecule has 1 aromatic heterocycles. The number of hydrogen-bond acceptors (Lipinski definition) is 3. The molecule has 1 aromatic rings. The van der Waals surface area contributed by atoms with Crippen LogP contribution in [-0.2, 0) is 0 Å². The number of nitrogens with one attached hydrogen (secondary N) is 1. The fourth-order valence-electron chi connectivity index (χ4n) is 2.72. The van der Waals surface area contributed by atoms with Crippen molar-refractivity contribution in [2.75, 3.05) is 25.0 Å². The van der Waals surface area contributed by atoms with Gasteiger partial charge in [0.25, 0.3) is 5.91 Å². The smallest absolute Gasteiger partial charge is 0.257 e. The van der Waals surface area contributed by atoms with Crippen LogP contribution in [0.15, 0.2) is 18.3 Å².